The van der Waals surface area contributed by atoms with Crippen LogP contribution in [0.5, 0.6) is 0 Å². The summed E-state index contributed by atoms with van der Waals surface area (Å²) in [5.74, 6) is 0.334. The average Bonchev–Trinajstić information content (AvgIpc) is 3.53. The van der Waals surface area contributed by atoms with Gasteiger partial charge in [-0.05, 0) is 43.5 Å². The second-order valence-electron chi connectivity index (χ2n) is 9.15. The van der Waals surface area contributed by atoms with Gasteiger partial charge in [-0.2, -0.15) is 5.26 Å². The highest BCUT2D eigenvalue weighted by atomic mass is 79.9. The van der Waals surface area contributed by atoms with E-state index in [2.05, 4.69) is 27.2 Å². The van der Waals surface area contributed by atoms with E-state index in [1.54, 1.807) is 17.0 Å². The molecule has 5 rings (SSSR count). The third-order valence-corrected chi connectivity index (χ3v) is 8.50. The van der Waals surface area contributed by atoms with Crippen molar-refractivity contribution in [3.63, 3.8) is 0 Å². The number of nitriles is 1. The number of likely N-dealkylation sites (tertiary alicyclic amines) is 1. The number of carbonyl (C=O) groups is 1. The van der Waals surface area contributed by atoms with Crippen molar-refractivity contribution in [1.29, 1.82) is 5.26 Å². The molecule has 0 N–H and O–H groups in total. The van der Waals surface area contributed by atoms with Gasteiger partial charge in [0.25, 0.3) is 0 Å². The maximum absolute atomic E-state index is 12.3. The Kier molecular flexibility index (Phi) is 5.69. The zero-order valence-electron chi connectivity index (χ0n) is 17.7. The first kappa shape index (κ1) is 23.0. The van der Waals surface area contributed by atoms with Gasteiger partial charge >= 0.3 is 0 Å². The summed E-state index contributed by atoms with van der Waals surface area (Å²) in [5, 5.41) is 15.3. The van der Waals surface area contributed by atoms with Crippen molar-refractivity contribution in [2.45, 2.75) is 37.2 Å². The SMILES string of the molecule is CC1(c2cc(Cl)c(Cl)c(Cl)c2)CC(c2ccc(C3(C#N)CN(C(=O)C4CC4)C3)c(Br)c2)=NO1. The molecule has 1 saturated carbocycles. The summed E-state index contributed by atoms with van der Waals surface area (Å²) in [7, 11) is 0. The van der Waals surface area contributed by atoms with Crippen molar-refractivity contribution in [1.82, 2.24) is 4.90 Å². The summed E-state index contributed by atoms with van der Waals surface area (Å²) in [6, 6.07) is 11.8. The van der Waals surface area contributed by atoms with E-state index in [9.17, 15) is 10.1 Å². The highest BCUT2D eigenvalue weighted by Crippen LogP contribution is 2.44. The van der Waals surface area contributed by atoms with Gasteiger partial charge in [0.2, 0.25) is 5.91 Å². The van der Waals surface area contributed by atoms with Gasteiger partial charge in [0.1, 0.15) is 5.41 Å². The monoisotopic (exact) mass is 565 g/mol. The normalized spacial score (nSPS) is 23.4. The van der Waals surface area contributed by atoms with Crippen LogP contribution >= 0.6 is 50.7 Å². The summed E-state index contributed by atoms with van der Waals surface area (Å²) < 4.78 is 0.814. The Balaban J connectivity index is 1.35. The van der Waals surface area contributed by atoms with Gasteiger partial charge in [0.15, 0.2) is 5.60 Å². The average molecular weight is 568 g/mol. The molecule has 3 aliphatic rings. The Morgan fingerprint density at radius 1 is 1.21 bits per heavy atom. The van der Waals surface area contributed by atoms with Crippen LogP contribution in [0.3, 0.4) is 0 Å². The van der Waals surface area contributed by atoms with Crippen molar-refractivity contribution >= 4 is 62.4 Å². The first-order valence-electron chi connectivity index (χ1n) is 10.6. The minimum atomic E-state index is -0.732. The molecule has 0 radical (unpaired) electrons. The van der Waals surface area contributed by atoms with E-state index in [1.807, 2.05) is 25.1 Å². The Morgan fingerprint density at radius 2 is 1.88 bits per heavy atom. The predicted molar refractivity (Wildman–Crippen MR) is 132 cm³/mol. The largest absolute Gasteiger partial charge is 0.384 e. The summed E-state index contributed by atoms with van der Waals surface area (Å²) >= 11 is 22.2. The number of benzene rings is 2. The predicted octanol–water partition coefficient (Wildman–Crippen LogP) is 6.46. The van der Waals surface area contributed by atoms with E-state index < -0.39 is 11.0 Å². The summed E-state index contributed by atoms with van der Waals surface area (Å²) in [6.07, 6.45) is 2.44. The molecule has 170 valence electrons. The summed E-state index contributed by atoms with van der Waals surface area (Å²) in [4.78, 5) is 19.9. The van der Waals surface area contributed by atoms with E-state index in [-0.39, 0.29) is 11.8 Å². The van der Waals surface area contributed by atoms with Gasteiger partial charge in [0.05, 0.1) is 26.8 Å². The van der Waals surface area contributed by atoms with Crippen LogP contribution in [0.2, 0.25) is 15.1 Å². The molecule has 1 aliphatic carbocycles. The van der Waals surface area contributed by atoms with Crippen LogP contribution < -0.4 is 0 Å². The molecule has 1 unspecified atom stereocenters. The van der Waals surface area contributed by atoms with Gasteiger partial charge in [-0.1, -0.05) is 68.0 Å². The standard InChI is InChI=1S/C24H19BrCl3N3O2/c1-23(15-7-18(26)21(28)19(27)8-15)9-20(30-33-23)14-4-5-16(17(25)6-14)24(10-29)11-31(12-24)22(32)13-2-3-13/h4-8,13H,2-3,9,11-12H2,1H3. The number of nitrogens with zero attached hydrogens (tertiary/aromatic N) is 3. The topological polar surface area (TPSA) is 65.7 Å². The molecule has 2 aliphatic heterocycles. The van der Waals surface area contributed by atoms with Crippen LogP contribution in [0.25, 0.3) is 0 Å². The molecule has 0 spiro atoms. The van der Waals surface area contributed by atoms with Crippen molar-refractivity contribution in [2.75, 3.05) is 13.1 Å². The lowest BCUT2D eigenvalue weighted by Crippen LogP contribution is -2.61. The van der Waals surface area contributed by atoms with Crippen molar-refractivity contribution in [3.05, 3.63) is 66.6 Å². The maximum atomic E-state index is 12.3. The minimum absolute atomic E-state index is 0.160. The molecule has 33 heavy (non-hydrogen) atoms. The number of halogens is 4. The molecule has 1 atom stereocenters. The third-order valence-electron chi connectivity index (χ3n) is 6.65. The Bertz CT molecular complexity index is 1220. The fourth-order valence-corrected chi connectivity index (χ4v) is 5.80. The van der Waals surface area contributed by atoms with Gasteiger partial charge in [0, 0.05) is 41.0 Å². The molecule has 0 aromatic heterocycles. The quantitative estimate of drug-likeness (QED) is 0.398. The highest BCUT2D eigenvalue weighted by Gasteiger charge is 2.50. The second kappa shape index (κ2) is 8.16. The van der Waals surface area contributed by atoms with Crippen molar-refractivity contribution in [3.8, 4) is 6.07 Å². The van der Waals surface area contributed by atoms with Crippen LogP contribution in [0.15, 0.2) is 40.0 Å². The summed E-state index contributed by atoms with van der Waals surface area (Å²) in [6.45, 7) is 2.78. The minimum Gasteiger partial charge on any atom is -0.384 e. The number of rotatable bonds is 4. The van der Waals surface area contributed by atoms with Crippen LogP contribution in [0.4, 0.5) is 0 Å². The molecule has 1 saturated heterocycles. The van der Waals surface area contributed by atoms with Crippen LogP contribution in [-0.4, -0.2) is 29.6 Å². The lowest BCUT2D eigenvalue weighted by Gasteiger charge is -2.46. The van der Waals surface area contributed by atoms with E-state index in [0.717, 1.165) is 39.7 Å². The molecular weight excluding hydrogens is 549 g/mol. The Hall–Kier alpha value is -1.78. The fourth-order valence-electron chi connectivity index (χ4n) is 4.44. The first-order chi connectivity index (χ1) is 15.7. The molecule has 5 nitrogen and oxygen atoms in total. The second-order valence-corrected chi connectivity index (χ2v) is 11.2. The van der Waals surface area contributed by atoms with Gasteiger partial charge in [-0.25, -0.2) is 0 Å². The molecule has 2 heterocycles. The van der Waals surface area contributed by atoms with Crippen molar-refractivity contribution < 1.29 is 9.63 Å². The Morgan fingerprint density at radius 3 is 2.45 bits per heavy atom. The highest BCUT2D eigenvalue weighted by molar-refractivity contribution is 9.10. The molecule has 2 aromatic carbocycles. The molecular formula is C24H19BrCl3N3O2. The lowest BCUT2D eigenvalue weighted by molar-refractivity contribution is -0.138. The van der Waals surface area contributed by atoms with Crippen LogP contribution in [0, 0.1) is 17.2 Å². The van der Waals surface area contributed by atoms with Gasteiger partial charge in [-0.15, -0.1) is 0 Å². The lowest BCUT2D eigenvalue weighted by atomic mass is 9.74. The smallest absolute Gasteiger partial charge is 0.225 e. The zero-order chi connectivity index (χ0) is 23.5. The molecule has 9 heteroatoms. The van der Waals surface area contributed by atoms with Crippen LogP contribution in [-0.2, 0) is 20.6 Å². The van der Waals surface area contributed by atoms with E-state index in [1.165, 1.54) is 0 Å². The van der Waals surface area contributed by atoms with E-state index in [4.69, 9.17) is 39.6 Å². The van der Waals surface area contributed by atoms with Gasteiger partial charge in [-0.3, -0.25) is 4.79 Å². The zero-order valence-corrected chi connectivity index (χ0v) is 21.5. The third kappa shape index (κ3) is 3.93. The molecule has 1 amide bonds. The van der Waals surface area contributed by atoms with Gasteiger partial charge < -0.3 is 9.74 Å². The molecule has 2 aromatic rings. The maximum Gasteiger partial charge on any atom is 0.225 e. The Labute approximate surface area is 215 Å². The number of oxime groups is 1. The van der Waals surface area contributed by atoms with Crippen molar-refractivity contribution in [2.24, 2.45) is 11.1 Å². The first-order valence-corrected chi connectivity index (χ1v) is 12.5. The number of hydrogen-bond acceptors (Lipinski definition) is 4. The van der Waals surface area contributed by atoms with E-state index >= 15 is 0 Å². The number of hydrogen-bond donors (Lipinski definition) is 0. The fraction of sp³-hybridized carbons (Fsp3) is 0.375. The molecule has 0 bridgehead atoms. The van der Waals surface area contributed by atoms with Crippen LogP contribution in [0.1, 0.15) is 42.9 Å². The van der Waals surface area contributed by atoms with E-state index in [0.29, 0.717) is 34.6 Å². The number of carbonyl (C=O) groups excluding carboxylic acids is 1. The number of amides is 1. The molecule has 2 fully saturated rings. The summed E-state index contributed by atoms with van der Waals surface area (Å²) in [5.41, 5.74) is 1.91.